The molecule has 3 heterocycles. The molecular weight excluding hydrogens is 465 g/mol. The van der Waals surface area contributed by atoms with Gasteiger partial charge < -0.3 is 10.0 Å². The lowest BCUT2D eigenvalue weighted by Gasteiger charge is -2.35. The van der Waals surface area contributed by atoms with Crippen molar-refractivity contribution >= 4 is 11.5 Å². The molecular formula is C30H28FN5O. The predicted octanol–water partition coefficient (Wildman–Crippen LogP) is 4.98. The number of piperazine rings is 1. The number of rotatable bonds is 6. The van der Waals surface area contributed by atoms with Crippen LogP contribution in [-0.4, -0.2) is 63.9 Å². The molecule has 37 heavy (non-hydrogen) atoms. The maximum absolute atomic E-state index is 15.3. The average Bonchev–Trinajstić information content (AvgIpc) is 3.34. The molecule has 0 radical (unpaired) electrons. The molecule has 0 spiro atoms. The van der Waals surface area contributed by atoms with Crippen molar-refractivity contribution in [1.82, 2.24) is 19.5 Å². The molecule has 1 aliphatic heterocycles. The summed E-state index contributed by atoms with van der Waals surface area (Å²) < 4.78 is 17.1. The van der Waals surface area contributed by atoms with Crippen LogP contribution in [0.3, 0.4) is 0 Å². The smallest absolute Gasteiger partial charge is 0.166 e. The number of anilines is 1. The third-order valence-corrected chi connectivity index (χ3v) is 6.94. The van der Waals surface area contributed by atoms with Crippen LogP contribution in [0.2, 0.25) is 0 Å². The van der Waals surface area contributed by atoms with Gasteiger partial charge in [0.25, 0.3) is 0 Å². The van der Waals surface area contributed by atoms with E-state index in [0.29, 0.717) is 29.0 Å². The van der Waals surface area contributed by atoms with E-state index < -0.39 is 0 Å². The van der Waals surface area contributed by atoms with Crippen LogP contribution in [0.5, 0.6) is 0 Å². The molecule has 1 saturated heterocycles. The van der Waals surface area contributed by atoms with E-state index in [2.05, 4.69) is 15.9 Å². The van der Waals surface area contributed by atoms with Crippen molar-refractivity contribution in [2.24, 2.45) is 0 Å². The second kappa shape index (κ2) is 10.1. The molecule has 1 fully saturated rings. The van der Waals surface area contributed by atoms with Crippen molar-refractivity contribution in [3.05, 3.63) is 96.8 Å². The number of benzene rings is 3. The van der Waals surface area contributed by atoms with Crippen LogP contribution in [-0.2, 0) is 0 Å². The minimum Gasteiger partial charge on any atom is -0.395 e. The summed E-state index contributed by atoms with van der Waals surface area (Å²) in [5.41, 5.74) is 5.20. The fourth-order valence-corrected chi connectivity index (χ4v) is 5.04. The van der Waals surface area contributed by atoms with E-state index in [1.165, 1.54) is 6.07 Å². The molecule has 3 aromatic carbocycles. The van der Waals surface area contributed by atoms with E-state index in [0.717, 1.165) is 48.8 Å². The summed E-state index contributed by atoms with van der Waals surface area (Å²) in [4.78, 5) is 9.64. The van der Waals surface area contributed by atoms with Gasteiger partial charge in [-0.25, -0.2) is 9.37 Å². The van der Waals surface area contributed by atoms with Gasteiger partial charge in [0, 0.05) is 55.5 Å². The van der Waals surface area contributed by atoms with E-state index in [-0.39, 0.29) is 12.4 Å². The summed E-state index contributed by atoms with van der Waals surface area (Å²) in [5, 5.41) is 14.4. The van der Waals surface area contributed by atoms with Gasteiger partial charge in [0.05, 0.1) is 17.9 Å². The number of fused-ring (bicyclic) bond motifs is 1. The Labute approximate surface area is 215 Å². The van der Waals surface area contributed by atoms with E-state index in [4.69, 9.17) is 10.1 Å². The third kappa shape index (κ3) is 4.48. The van der Waals surface area contributed by atoms with Gasteiger partial charge in [-0.1, -0.05) is 78.9 Å². The van der Waals surface area contributed by atoms with E-state index in [1.54, 1.807) is 12.1 Å². The van der Waals surface area contributed by atoms with E-state index in [9.17, 15) is 5.11 Å². The monoisotopic (exact) mass is 493 g/mol. The Morgan fingerprint density at radius 1 is 0.784 bits per heavy atom. The Balaban J connectivity index is 1.61. The molecule has 2 aromatic heterocycles. The molecule has 1 aliphatic rings. The second-order valence-corrected chi connectivity index (χ2v) is 9.22. The number of hydrogen-bond donors (Lipinski definition) is 1. The standard InChI is InChI=1S/C30H28FN5O/c31-25-14-8-7-13-24(25)28-29(23-11-5-2-6-12-23)33-36-27(35-17-15-34(16-18-35)19-20-37)21-26(32-30(28)36)22-9-3-1-4-10-22/h1-14,21,37H,15-20H2. The minimum absolute atomic E-state index is 0.156. The zero-order chi connectivity index (χ0) is 25.2. The van der Waals surface area contributed by atoms with E-state index >= 15 is 4.39 Å². The normalized spacial score (nSPS) is 14.4. The maximum Gasteiger partial charge on any atom is 0.166 e. The molecule has 186 valence electrons. The fraction of sp³-hybridized carbons (Fsp3) is 0.200. The van der Waals surface area contributed by atoms with Gasteiger partial charge in [-0.2, -0.15) is 9.61 Å². The lowest BCUT2D eigenvalue weighted by Crippen LogP contribution is -2.47. The molecule has 0 amide bonds. The van der Waals surface area contributed by atoms with E-state index in [1.807, 2.05) is 71.2 Å². The Morgan fingerprint density at radius 3 is 2.11 bits per heavy atom. The number of β-amino-alcohol motifs (C(OH)–C–C–N with tert-alkyl or cyclic N) is 1. The zero-order valence-corrected chi connectivity index (χ0v) is 20.5. The van der Waals surface area contributed by atoms with Gasteiger partial charge in [-0.15, -0.1) is 0 Å². The van der Waals surface area contributed by atoms with Gasteiger partial charge in [-0.05, 0) is 6.07 Å². The number of aliphatic hydroxyl groups is 1. The van der Waals surface area contributed by atoms with Crippen LogP contribution in [0.1, 0.15) is 0 Å². The van der Waals surface area contributed by atoms with Gasteiger partial charge >= 0.3 is 0 Å². The van der Waals surface area contributed by atoms with Crippen molar-refractivity contribution in [3.63, 3.8) is 0 Å². The van der Waals surface area contributed by atoms with Gasteiger partial charge in [-0.3, -0.25) is 4.90 Å². The Kier molecular flexibility index (Phi) is 6.39. The molecule has 5 aromatic rings. The van der Waals surface area contributed by atoms with Crippen molar-refractivity contribution in [2.75, 3.05) is 44.2 Å². The van der Waals surface area contributed by atoms with Crippen LogP contribution in [0.4, 0.5) is 10.2 Å². The van der Waals surface area contributed by atoms with Gasteiger partial charge in [0.1, 0.15) is 17.3 Å². The molecule has 6 nitrogen and oxygen atoms in total. The quantitative estimate of drug-likeness (QED) is 0.362. The Bertz CT molecular complexity index is 1510. The van der Waals surface area contributed by atoms with Crippen LogP contribution in [0, 0.1) is 5.82 Å². The Morgan fingerprint density at radius 2 is 1.43 bits per heavy atom. The number of aliphatic hydroxyl groups excluding tert-OH is 1. The first-order valence-corrected chi connectivity index (χ1v) is 12.6. The molecule has 0 aliphatic carbocycles. The van der Waals surface area contributed by atoms with Crippen LogP contribution in [0.15, 0.2) is 91.0 Å². The lowest BCUT2D eigenvalue weighted by molar-refractivity contribution is 0.188. The van der Waals surface area contributed by atoms with Crippen molar-refractivity contribution in [2.45, 2.75) is 0 Å². The highest BCUT2D eigenvalue weighted by atomic mass is 19.1. The highest BCUT2D eigenvalue weighted by molar-refractivity contribution is 5.92. The average molecular weight is 494 g/mol. The molecule has 6 rings (SSSR count). The largest absolute Gasteiger partial charge is 0.395 e. The highest BCUT2D eigenvalue weighted by Crippen LogP contribution is 2.38. The van der Waals surface area contributed by atoms with Crippen molar-refractivity contribution < 1.29 is 9.50 Å². The SMILES string of the molecule is OCCN1CCN(c2cc(-c3ccccc3)nc3c(-c4ccccc4F)c(-c4ccccc4)nn23)CC1. The zero-order valence-electron chi connectivity index (χ0n) is 20.5. The molecule has 0 atom stereocenters. The summed E-state index contributed by atoms with van der Waals surface area (Å²) in [6, 6.07) is 28.9. The number of hydrogen-bond acceptors (Lipinski definition) is 5. The number of halogens is 1. The third-order valence-electron chi connectivity index (χ3n) is 6.94. The molecule has 7 heteroatoms. The topological polar surface area (TPSA) is 56.9 Å². The highest BCUT2D eigenvalue weighted by Gasteiger charge is 2.26. The summed E-state index contributed by atoms with van der Waals surface area (Å²) in [7, 11) is 0. The van der Waals surface area contributed by atoms with Crippen molar-refractivity contribution in [3.8, 4) is 33.6 Å². The fourth-order valence-electron chi connectivity index (χ4n) is 5.04. The Hall–Kier alpha value is -4.07. The molecule has 1 N–H and O–H groups in total. The maximum atomic E-state index is 15.3. The number of nitrogens with zero attached hydrogens (tertiary/aromatic N) is 5. The first kappa shape index (κ1) is 23.3. The predicted molar refractivity (Wildman–Crippen MR) is 145 cm³/mol. The first-order valence-electron chi connectivity index (χ1n) is 12.6. The first-order chi connectivity index (χ1) is 18.2. The van der Waals surface area contributed by atoms with Crippen LogP contribution < -0.4 is 4.90 Å². The van der Waals surface area contributed by atoms with Crippen molar-refractivity contribution in [1.29, 1.82) is 0 Å². The molecule has 0 unspecified atom stereocenters. The summed E-state index contributed by atoms with van der Waals surface area (Å²) in [6.45, 7) is 4.11. The summed E-state index contributed by atoms with van der Waals surface area (Å²) >= 11 is 0. The molecule has 0 bridgehead atoms. The summed E-state index contributed by atoms with van der Waals surface area (Å²) in [6.07, 6.45) is 0. The van der Waals surface area contributed by atoms with Gasteiger partial charge in [0.15, 0.2) is 5.65 Å². The van der Waals surface area contributed by atoms with Crippen LogP contribution >= 0.6 is 0 Å². The van der Waals surface area contributed by atoms with Gasteiger partial charge in [0.2, 0.25) is 0 Å². The van der Waals surface area contributed by atoms with Crippen LogP contribution in [0.25, 0.3) is 39.3 Å². The minimum atomic E-state index is -0.305. The molecule has 0 saturated carbocycles. The second-order valence-electron chi connectivity index (χ2n) is 9.22. The number of aromatic nitrogens is 3. The lowest BCUT2D eigenvalue weighted by atomic mass is 10.0. The summed E-state index contributed by atoms with van der Waals surface area (Å²) in [5.74, 6) is 0.618.